The Bertz CT molecular complexity index is 77.5. The van der Waals surface area contributed by atoms with E-state index in [4.69, 9.17) is 0 Å². The number of hydrogen-bond acceptors (Lipinski definition) is 0. The lowest BCUT2D eigenvalue weighted by Gasteiger charge is -1.46. The van der Waals surface area contributed by atoms with Gasteiger partial charge in [0.15, 0.2) is 0 Å². The summed E-state index contributed by atoms with van der Waals surface area (Å²) in [5.41, 5.74) is 0. The fourth-order valence-electron chi connectivity index (χ4n) is 0.219. The van der Waals surface area contributed by atoms with E-state index in [1.807, 2.05) is 0 Å². The molecule has 2 nitrogen and oxygen atoms in total. The molecule has 6 heavy (non-hydrogen) atoms. The molecular formula is C4H4O2+2. The molecule has 0 saturated carbocycles. The lowest BCUT2D eigenvalue weighted by Crippen LogP contribution is -1.47. The van der Waals surface area contributed by atoms with Crippen LogP contribution in [-0.2, 0) is 0 Å². The Balaban J connectivity index is 3.00. The molecule has 0 N–H and O–H groups in total. The van der Waals surface area contributed by atoms with E-state index >= 15 is 0 Å². The van der Waals surface area contributed by atoms with Gasteiger partial charge in [-0.05, 0) is 0 Å². The van der Waals surface area contributed by atoms with Crippen LogP contribution in [0.5, 0.6) is 0 Å². The maximum atomic E-state index is 4.58. The highest BCUT2D eigenvalue weighted by atomic mass is 16.4. The molecule has 0 radical (unpaired) electrons. The second kappa shape index (κ2) is 1.50. The summed E-state index contributed by atoms with van der Waals surface area (Å²) in [7, 11) is 0. The van der Waals surface area contributed by atoms with Crippen LogP contribution in [0.3, 0.4) is 0 Å². The molecular weight excluding hydrogens is 80.0 g/mol. The third kappa shape index (κ3) is 0.516. The molecule has 0 spiro atoms. The van der Waals surface area contributed by atoms with Gasteiger partial charge in [0.1, 0.15) is 0 Å². The molecule has 2 heteroatoms. The summed E-state index contributed by atoms with van der Waals surface area (Å²) >= 11 is 0. The molecule has 0 aliphatic rings. The normalized spacial score (nSPS) is 8.00. The maximum Gasteiger partial charge on any atom is 0.413 e. The largest absolute Gasteiger partial charge is 0.413 e. The lowest BCUT2D eigenvalue weighted by atomic mass is 10.9. The van der Waals surface area contributed by atoms with Crippen LogP contribution >= 0.6 is 0 Å². The van der Waals surface area contributed by atoms with Crippen LogP contribution in [0.4, 0.5) is 0 Å². The van der Waals surface area contributed by atoms with Gasteiger partial charge in [-0.25, -0.2) is 8.83 Å². The van der Waals surface area contributed by atoms with Gasteiger partial charge in [0.05, 0.1) is 0 Å². The van der Waals surface area contributed by atoms with Gasteiger partial charge in [-0.2, -0.15) is 0 Å². The molecule has 0 saturated heterocycles. The molecule has 1 aromatic heterocycles. The molecule has 0 amide bonds. The van der Waals surface area contributed by atoms with Crippen molar-refractivity contribution in [3.8, 4) is 0 Å². The van der Waals surface area contributed by atoms with Gasteiger partial charge in [-0.3, -0.25) is 0 Å². The Kier molecular flexibility index (Phi) is 0.819. The van der Waals surface area contributed by atoms with Crippen molar-refractivity contribution >= 4 is 0 Å². The quantitative estimate of drug-likeness (QED) is 0.444. The molecule has 0 bridgehead atoms. The van der Waals surface area contributed by atoms with Crippen LogP contribution in [-0.4, -0.2) is 0 Å². The number of hydrogen-bond donors (Lipinski definition) is 0. The summed E-state index contributed by atoms with van der Waals surface area (Å²) in [6.45, 7) is 0. The zero-order valence-electron chi connectivity index (χ0n) is 3.13. The van der Waals surface area contributed by atoms with E-state index in [1.165, 1.54) is 25.1 Å². The van der Waals surface area contributed by atoms with E-state index in [1.54, 1.807) is 0 Å². The molecule has 1 aromatic rings. The van der Waals surface area contributed by atoms with Crippen LogP contribution in [0, 0.1) is 0 Å². The Labute approximate surface area is 35.0 Å². The predicted molar refractivity (Wildman–Crippen MR) is 19.8 cm³/mol. The van der Waals surface area contributed by atoms with Gasteiger partial charge in [-0.15, -0.1) is 0 Å². The van der Waals surface area contributed by atoms with Crippen molar-refractivity contribution < 1.29 is 8.83 Å². The monoisotopic (exact) mass is 84.0 g/mol. The third-order valence-electron chi connectivity index (χ3n) is 0.425. The van der Waals surface area contributed by atoms with Gasteiger partial charge < -0.3 is 0 Å². The van der Waals surface area contributed by atoms with Crippen LogP contribution in [0.2, 0.25) is 0 Å². The average molecular weight is 84.1 g/mol. The van der Waals surface area contributed by atoms with Crippen molar-refractivity contribution in [3.05, 3.63) is 25.1 Å². The first-order chi connectivity index (χ1) is 3.00. The van der Waals surface area contributed by atoms with E-state index in [0.29, 0.717) is 0 Å². The standard InChI is InChI=1S/C4H4O2/c1-2-6-4-3-5-1/h1-4H/q+2. The van der Waals surface area contributed by atoms with Crippen LogP contribution in [0.15, 0.2) is 33.9 Å². The van der Waals surface area contributed by atoms with Gasteiger partial charge >= 0.3 is 25.1 Å². The summed E-state index contributed by atoms with van der Waals surface area (Å²) in [6.07, 6.45) is 5.83. The molecule has 0 aromatic carbocycles. The van der Waals surface area contributed by atoms with Gasteiger partial charge in [-0.1, -0.05) is 0 Å². The Morgan fingerprint density at radius 3 is 1.17 bits per heavy atom. The van der Waals surface area contributed by atoms with E-state index in [0.717, 1.165) is 0 Å². The summed E-state index contributed by atoms with van der Waals surface area (Å²) in [5.74, 6) is 0. The second-order valence-corrected chi connectivity index (χ2v) is 0.816. The molecule has 0 atom stereocenters. The summed E-state index contributed by atoms with van der Waals surface area (Å²) in [6, 6.07) is 0. The topological polar surface area (TPSA) is 22.6 Å². The Morgan fingerprint density at radius 2 is 1.00 bits per heavy atom. The zero-order chi connectivity index (χ0) is 4.24. The highest BCUT2D eigenvalue weighted by Crippen LogP contribution is 1.79. The fourth-order valence-corrected chi connectivity index (χ4v) is 0.219. The molecule has 0 unspecified atom stereocenters. The van der Waals surface area contributed by atoms with Crippen molar-refractivity contribution in [1.29, 1.82) is 0 Å². The molecule has 0 fully saturated rings. The minimum atomic E-state index is 1.46. The highest BCUT2D eigenvalue weighted by Gasteiger charge is 1.87. The average Bonchev–Trinajstić information content (AvgIpc) is 1.72. The summed E-state index contributed by atoms with van der Waals surface area (Å²) < 4.78 is 9.17. The highest BCUT2D eigenvalue weighted by molar-refractivity contribution is 4.55. The Hall–Kier alpha value is -0.920. The SMILES string of the molecule is c1c[o+]cc[o+]1. The van der Waals surface area contributed by atoms with E-state index in [9.17, 15) is 0 Å². The van der Waals surface area contributed by atoms with Crippen molar-refractivity contribution in [3.63, 3.8) is 0 Å². The van der Waals surface area contributed by atoms with Crippen LogP contribution in [0.25, 0.3) is 0 Å². The maximum absolute atomic E-state index is 4.58. The minimum Gasteiger partial charge on any atom is -0.205 e. The Morgan fingerprint density at radius 1 is 0.667 bits per heavy atom. The van der Waals surface area contributed by atoms with Crippen molar-refractivity contribution in [1.82, 2.24) is 0 Å². The second-order valence-electron chi connectivity index (χ2n) is 0.816. The molecule has 0 aliphatic carbocycles. The minimum absolute atomic E-state index is 1.46. The van der Waals surface area contributed by atoms with E-state index in [-0.39, 0.29) is 0 Å². The first-order valence-corrected chi connectivity index (χ1v) is 1.61. The van der Waals surface area contributed by atoms with Crippen molar-refractivity contribution in [2.75, 3.05) is 0 Å². The lowest BCUT2D eigenvalue weighted by molar-refractivity contribution is 0.443. The van der Waals surface area contributed by atoms with E-state index in [2.05, 4.69) is 8.83 Å². The zero-order valence-corrected chi connectivity index (χ0v) is 3.13. The fraction of sp³-hybridized carbons (Fsp3) is 0. The number of rotatable bonds is 0. The summed E-state index contributed by atoms with van der Waals surface area (Å²) in [4.78, 5) is 0. The van der Waals surface area contributed by atoms with Crippen molar-refractivity contribution in [2.24, 2.45) is 0 Å². The summed E-state index contributed by atoms with van der Waals surface area (Å²) in [5, 5.41) is 0. The van der Waals surface area contributed by atoms with Crippen LogP contribution < -0.4 is 0 Å². The first-order valence-electron chi connectivity index (χ1n) is 1.61. The third-order valence-corrected chi connectivity index (χ3v) is 0.425. The van der Waals surface area contributed by atoms with Crippen molar-refractivity contribution in [2.45, 2.75) is 0 Å². The van der Waals surface area contributed by atoms with Gasteiger partial charge in [0.2, 0.25) is 0 Å². The molecule has 1 heterocycles. The molecule has 0 aliphatic heterocycles. The van der Waals surface area contributed by atoms with E-state index < -0.39 is 0 Å². The molecule has 1 rings (SSSR count). The van der Waals surface area contributed by atoms with Crippen LogP contribution in [0.1, 0.15) is 0 Å². The predicted octanol–water partition coefficient (Wildman–Crippen LogP) is 1.43. The van der Waals surface area contributed by atoms with Gasteiger partial charge in [0.25, 0.3) is 0 Å². The molecule has 30 valence electrons. The smallest absolute Gasteiger partial charge is 0.205 e. The van der Waals surface area contributed by atoms with Gasteiger partial charge in [0, 0.05) is 0 Å². The first kappa shape index (κ1) is 3.28.